The van der Waals surface area contributed by atoms with E-state index < -0.39 is 9.84 Å². The van der Waals surface area contributed by atoms with Gasteiger partial charge in [0.05, 0.1) is 11.5 Å². The second-order valence-electron chi connectivity index (χ2n) is 4.04. The van der Waals surface area contributed by atoms with Gasteiger partial charge in [-0.1, -0.05) is 5.16 Å². The van der Waals surface area contributed by atoms with Gasteiger partial charge >= 0.3 is 0 Å². The van der Waals surface area contributed by atoms with E-state index in [1.165, 1.54) is 0 Å². The Balaban J connectivity index is 2.01. The SMILES string of the molecule is Nc1cc(CC2CCCS(=O)(=O)C2)on1. The highest BCUT2D eigenvalue weighted by Crippen LogP contribution is 2.22. The van der Waals surface area contributed by atoms with Crippen molar-refractivity contribution in [3.63, 3.8) is 0 Å². The highest BCUT2D eigenvalue weighted by Gasteiger charge is 2.25. The number of anilines is 1. The summed E-state index contributed by atoms with van der Waals surface area (Å²) in [6.45, 7) is 0. The van der Waals surface area contributed by atoms with Crippen molar-refractivity contribution in [2.24, 2.45) is 5.92 Å². The van der Waals surface area contributed by atoms with Gasteiger partial charge in [0.15, 0.2) is 15.7 Å². The molecule has 1 saturated heterocycles. The predicted octanol–water partition coefficient (Wildman–Crippen LogP) is 0.624. The third-order valence-corrected chi connectivity index (χ3v) is 4.51. The van der Waals surface area contributed by atoms with Crippen LogP contribution in [-0.2, 0) is 16.3 Å². The number of nitrogen functional groups attached to an aromatic ring is 1. The first kappa shape index (κ1) is 10.5. The van der Waals surface area contributed by atoms with Crippen molar-refractivity contribution in [2.45, 2.75) is 19.3 Å². The summed E-state index contributed by atoms with van der Waals surface area (Å²) < 4.78 is 27.7. The number of sulfone groups is 1. The van der Waals surface area contributed by atoms with Crippen LogP contribution >= 0.6 is 0 Å². The smallest absolute Gasteiger partial charge is 0.167 e. The molecule has 84 valence electrons. The minimum Gasteiger partial charge on any atom is -0.381 e. The second kappa shape index (κ2) is 3.84. The first-order valence-corrected chi connectivity index (χ1v) is 6.79. The lowest BCUT2D eigenvalue weighted by atomic mass is 10.0. The van der Waals surface area contributed by atoms with Crippen LogP contribution in [0.4, 0.5) is 5.82 Å². The van der Waals surface area contributed by atoms with Crippen LogP contribution in [0.5, 0.6) is 0 Å². The standard InChI is InChI=1S/C9H14N2O3S/c10-9-5-8(14-11-9)4-7-2-1-3-15(12,13)6-7/h5,7H,1-4,6H2,(H2,10,11). The first-order valence-electron chi connectivity index (χ1n) is 4.97. The van der Waals surface area contributed by atoms with Gasteiger partial charge in [0.2, 0.25) is 0 Å². The van der Waals surface area contributed by atoms with Crippen LogP contribution in [0.1, 0.15) is 18.6 Å². The van der Waals surface area contributed by atoms with E-state index in [4.69, 9.17) is 10.3 Å². The van der Waals surface area contributed by atoms with Crippen LogP contribution in [0.25, 0.3) is 0 Å². The molecule has 2 heterocycles. The minimum atomic E-state index is -2.84. The van der Waals surface area contributed by atoms with Crippen LogP contribution < -0.4 is 5.73 Å². The summed E-state index contributed by atoms with van der Waals surface area (Å²) in [6, 6.07) is 1.65. The van der Waals surface area contributed by atoms with Gasteiger partial charge in [-0.25, -0.2) is 8.42 Å². The molecule has 6 heteroatoms. The summed E-state index contributed by atoms with van der Waals surface area (Å²) in [6.07, 6.45) is 2.29. The molecule has 0 spiro atoms. The molecule has 1 unspecified atom stereocenters. The maximum absolute atomic E-state index is 11.4. The Kier molecular flexibility index (Phi) is 2.68. The maximum atomic E-state index is 11.4. The fraction of sp³-hybridized carbons (Fsp3) is 0.667. The molecule has 0 saturated carbocycles. The van der Waals surface area contributed by atoms with Gasteiger partial charge in [-0.05, 0) is 18.8 Å². The zero-order valence-corrected chi connectivity index (χ0v) is 9.16. The third kappa shape index (κ3) is 2.71. The summed E-state index contributed by atoms with van der Waals surface area (Å²) in [5.74, 6) is 1.75. The lowest BCUT2D eigenvalue weighted by Crippen LogP contribution is -2.26. The van der Waals surface area contributed by atoms with Crippen LogP contribution in [0, 0.1) is 5.92 Å². The Morgan fingerprint density at radius 3 is 3.00 bits per heavy atom. The molecule has 2 N–H and O–H groups in total. The molecule has 0 bridgehead atoms. The number of rotatable bonds is 2. The van der Waals surface area contributed by atoms with Gasteiger partial charge < -0.3 is 10.3 Å². The normalized spacial score (nSPS) is 25.2. The van der Waals surface area contributed by atoms with Gasteiger partial charge in [-0.15, -0.1) is 0 Å². The Labute approximate surface area is 88.5 Å². The lowest BCUT2D eigenvalue weighted by molar-refractivity contribution is 0.357. The van der Waals surface area contributed by atoms with E-state index in [0.29, 0.717) is 23.8 Å². The molecule has 0 aliphatic carbocycles. The van der Waals surface area contributed by atoms with Crippen molar-refractivity contribution in [2.75, 3.05) is 17.2 Å². The number of nitrogens with zero attached hydrogens (tertiary/aromatic N) is 1. The Hall–Kier alpha value is -1.04. The van der Waals surface area contributed by atoms with Crippen LogP contribution in [-0.4, -0.2) is 25.1 Å². The molecule has 1 aromatic heterocycles. The van der Waals surface area contributed by atoms with E-state index in [9.17, 15) is 8.42 Å². The van der Waals surface area contributed by atoms with Crippen molar-refractivity contribution in [1.29, 1.82) is 0 Å². The Morgan fingerprint density at radius 1 is 1.60 bits per heavy atom. The second-order valence-corrected chi connectivity index (χ2v) is 6.27. The van der Waals surface area contributed by atoms with E-state index >= 15 is 0 Å². The Bertz CT molecular complexity index is 438. The average molecular weight is 230 g/mol. The number of aromatic nitrogens is 1. The summed E-state index contributed by atoms with van der Waals surface area (Å²) in [5, 5.41) is 3.57. The summed E-state index contributed by atoms with van der Waals surface area (Å²) in [4.78, 5) is 0. The molecular formula is C9H14N2O3S. The summed E-state index contributed by atoms with van der Waals surface area (Å²) in [7, 11) is -2.84. The zero-order chi connectivity index (χ0) is 10.9. The van der Waals surface area contributed by atoms with E-state index in [1.807, 2.05) is 0 Å². The van der Waals surface area contributed by atoms with Crippen LogP contribution in [0.3, 0.4) is 0 Å². The lowest BCUT2D eigenvalue weighted by Gasteiger charge is -2.20. The molecule has 0 radical (unpaired) electrons. The largest absolute Gasteiger partial charge is 0.381 e. The highest BCUT2D eigenvalue weighted by molar-refractivity contribution is 7.91. The van der Waals surface area contributed by atoms with Crippen molar-refractivity contribution in [3.8, 4) is 0 Å². The molecule has 1 aromatic rings. The van der Waals surface area contributed by atoms with E-state index in [-0.39, 0.29) is 11.7 Å². The van der Waals surface area contributed by atoms with Crippen molar-refractivity contribution < 1.29 is 12.9 Å². The van der Waals surface area contributed by atoms with E-state index in [1.54, 1.807) is 6.07 Å². The van der Waals surface area contributed by atoms with Crippen LogP contribution in [0.2, 0.25) is 0 Å². The molecule has 15 heavy (non-hydrogen) atoms. The molecule has 0 amide bonds. The molecule has 2 rings (SSSR count). The zero-order valence-electron chi connectivity index (χ0n) is 8.35. The van der Waals surface area contributed by atoms with Gasteiger partial charge in [0.25, 0.3) is 0 Å². The topological polar surface area (TPSA) is 86.2 Å². The fourth-order valence-electron chi connectivity index (χ4n) is 1.99. The van der Waals surface area contributed by atoms with Crippen molar-refractivity contribution >= 4 is 15.7 Å². The van der Waals surface area contributed by atoms with E-state index in [0.717, 1.165) is 12.8 Å². The van der Waals surface area contributed by atoms with Crippen molar-refractivity contribution in [1.82, 2.24) is 5.16 Å². The molecule has 1 fully saturated rings. The van der Waals surface area contributed by atoms with E-state index in [2.05, 4.69) is 5.16 Å². The molecule has 0 aromatic carbocycles. The molecule has 5 nitrogen and oxygen atoms in total. The van der Waals surface area contributed by atoms with Gasteiger partial charge in [0, 0.05) is 12.5 Å². The fourth-order valence-corrected chi connectivity index (χ4v) is 3.76. The van der Waals surface area contributed by atoms with Crippen molar-refractivity contribution in [3.05, 3.63) is 11.8 Å². The average Bonchev–Trinajstić information content (AvgIpc) is 2.49. The molecule has 1 aliphatic rings. The summed E-state index contributed by atoms with van der Waals surface area (Å²) in [5.41, 5.74) is 5.41. The third-order valence-electron chi connectivity index (χ3n) is 2.62. The highest BCUT2D eigenvalue weighted by atomic mass is 32.2. The maximum Gasteiger partial charge on any atom is 0.167 e. The predicted molar refractivity (Wildman–Crippen MR) is 56.0 cm³/mol. The quantitative estimate of drug-likeness (QED) is 0.805. The monoisotopic (exact) mass is 230 g/mol. The summed E-state index contributed by atoms with van der Waals surface area (Å²) >= 11 is 0. The number of hydrogen-bond acceptors (Lipinski definition) is 5. The molecular weight excluding hydrogens is 216 g/mol. The molecule has 1 aliphatic heterocycles. The van der Waals surface area contributed by atoms with Gasteiger partial charge in [0.1, 0.15) is 5.76 Å². The Morgan fingerprint density at radius 2 is 2.40 bits per heavy atom. The number of nitrogens with two attached hydrogens (primary N) is 1. The minimum absolute atomic E-state index is 0.149. The number of hydrogen-bond donors (Lipinski definition) is 1. The molecule has 1 atom stereocenters. The van der Waals surface area contributed by atoms with Crippen LogP contribution in [0.15, 0.2) is 10.6 Å². The van der Waals surface area contributed by atoms with Gasteiger partial charge in [-0.2, -0.15) is 0 Å². The van der Waals surface area contributed by atoms with Gasteiger partial charge in [-0.3, -0.25) is 0 Å². The first-order chi connectivity index (χ1) is 7.05.